The number of rotatable bonds is 5. The van der Waals surface area contributed by atoms with Gasteiger partial charge in [0.2, 0.25) is 0 Å². The topological polar surface area (TPSA) is 121 Å². The van der Waals surface area contributed by atoms with Gasteiger partial charge >= 0.3 is 5.97 Å². The highest BCUT2D eigenvalue weighted by atomic mass is 35.5. The molecule has 2 heterocycles. The van der Waals surface area contributed by atoms with Gasteiger partial charge in [-0.05, 0) is 19.1 Å². The summed E-state index contributed by atoms with van der Waals surface area (Å²) in [5, 5.41) is 1.88. The Morgan fingerprint density at radius 3 is 2.45 bits per heavy atom. The molecule has 0 spiro atoms. The minimum absolute atomic E-state index is 0.0577. The molecule has 0 saturated heterocycles. The zero-order valence-electron chi connectivity index (χ0n) is 16.3. The summed E-state index contributed by atoms with van der Waals surface area (Å²) in [6.07, 6.45) is 0. The van der Waals surface area contributed by atoms with Gasteiger partial charge in [-0.1, -0.05) is 53.0 Å². The molecule has 3 N–H and O–H groups in total. The van der Waals surface area contributed by atoms with Crippen molar-refractivity contribution in [2.45, 2.75) is 6.92 Å². The zero-order chi connectivity index (χ0) is 22.9. The van der Waals surface area contributed by atoms with Crippen LogP contribution in [-0.2, 0) is 16.6 Å². The van der Waals surface area contributed by atoms with Crippen LogP contribution in [0.1, 0.15) is 16.2 Å². The van der Waals surface area contributed by atoms with Crippen LogP contribution in [-0.4, -0.2) is 32.8 Å². The Hall–Kier alpha value is -3.01. The number of halogens is 3. The van der Waals surface area contributed by atoms with Crippen molar-refractivity contribution in [1.29, 1.82) is 0 Å². The largest absolute Gasteiger partial charge is 0.451 e. The van der Waals surface area contributed by atoms with Gasteiger partial charge in [0.1, 0.15) is 10.7 Å². The lowest BCUT2D eigenvalue weighted by Gasteiger charge is -2.09. The van der Waals surface area contributed by atoms with E-state index >= 15 is 0 Å². The van der Waals surface area contributed by atoms with Gasteiger partial charge < -0.3 is 15.8 Å². The molecule has 2 aromatic heterocycles. The van der Waals surface area contributed by atoms with Crippen molar-refractivity contribution in [2.24, 2.45) is 7.05 Å². The van der Waals surface area contributed by atoms with Crippen LogP contribution in [0.15, 0.2) is 35.1 Å². The third-order valence-electron chi connectivity index (χ3n) is 4.42. The van der Waals surface area contributed by atoms with Crippen molar-refractivity contribution in [3.05, 3.63) is 67.3 Å². The van der Waals surface area contributed by atoms with Gasteiger partial charge in [-0.3, -0.25) is 14.3 Å². The van der Waals surface area contributed by atoms with E-state index in [0.717, 1.165) is 0 Å². The number of nitrogen functional groups attached to an aromatic ring is 1. The first-order valence-electron chi connectivity index (χ1n) is 8.74. The molecule has 1 amide bonds. The number of amides is 1. The van der Waals surface area contributed by atoms with E-state index < -0.39 is 24.0 Å². The Labute approximate surface area is 191 Å². The zero-order valence-corrected chi connectivity index (χ0v) is 18.5. The molecule has 0 bridgehead atoms. The minimum Gasteiger partial charge on any atom is -0.451 e. The normalized spacial score (nSPS) is 10.7. The third-order valence-corrected chi connectivity index (χ3v) is 5.55. The molecule has 0 aliphatic carbocycles. The fourth-order valence-corrected chi connectivity index (χ4v) is 3.34. The minimum atomic E-state index is -1.03. The van der Waals surface area contributed by atoms with Crippen molar-refractivity contribution in [2.75, 3.05) is 17.7 Å². The molecule has 0 radical (unpaired) electrons. The molecule has 0 aliphatic rings. The second-order valence-electron chi connectivity index (χ2n) is 6.35. The van der Waals surface area contributed by atoms with E-state index in [-0.39, 0.29) is 32.3 Å². The number of nitrogens with zero attached hydrogens (tertiary/aromatic N) is 3. The van der Waals surface area contributed by atoms with Crippen molar-refractivity contribution in [1.82, 2.24) is 14.3 Å². The number of hydrogen-bond donors (Lipinski definition) is 2. The van der Waals surface area contributed by atoms with E-state index in [0.29, 0.717) is 11.4 Å². The molecule has 0 aliphatic heterocycles. The van der Waals surface area contributed by atoms with Crippen molar-refractivity contribution in [3.63, 3.8) is 0 Å². The van der Waals surface area contributed by atoms with E-state index in [9.17, 15) is 14.4 Å². The number of hydrogen-bond acceptors (Lipinski definition) is 6. The molecular formula is C19H16Cl3N5O4. The average Bonchev–Trinajstić information content (AvgIpc) is 2.96. The molecule has 3 aromatic rings. The van der Waals surface area contributed by atoms with Crippen molar-refractivity contribution in [3.8, 4) is 5.69 Å². The Morgan fingerprint density at radius 1 is 1.16 bits per heavy atom. The highest BCUT2D eigenvalue weighted by molar-refractivity contribution is 6.46. The second kappa shape index (κ2) is 9.01. The van der Waals surface area contributed by atoms with Crippen LogP contribution in [0.2, 0.25) is 15.2 Å². The maximum Gasteiger partial charge on any atom is 0.359 e. The molecule has 1 aromatic carbocycles. The lowest BCUT2D eigenvalue weighted by molar-refractivity contribution is -0.119. The first kappa shape index (κ1) is 22.7. The SMILES string of the molecule is Cc1c(NC(=O)COC(=O)c2nc(Cl)c(Cl)c(N)c2Cl)c(=O)n(-c2ccccc2)n1C. The van der Waals surface area contributed by atoms with Crippen LogP contribution in [0.3, 0.4) is 0 Å². The summed E-state index contributed by atoms with van der Waals surface area (Å²) >= 11 is 17.6. The van der Waals surface area contributed by atoms with Crippen LogP contribution >= 0.6 is 34.8 Å². The molecule has 162 valence electrons. The molecule has 0 fully saturated rings. The number of pyridine rings is 1. The molecule has 0 atom stereocenters. The first-order chi connectivity index (χ1) is 14.6. The fourth-order valence-electron chi connectivity index (χ4n) is 2.75. The van der Waals surface area contributed by atoms with Gasteiger partial charge in [-0.2, -0.15) is 0 Å². The monoisotopic (exact) mass is 483 g/mol. The van der Waals surface area contributed by atoms with E-state index in [1.54, 1.807) is 42.9 Å². The number of nitrogens with two attached hydrogens (primary N) is 1. The van der Waals surface area contributed by atoms with E-state index in [1.807, 2.05) is 6.07 Å². The maximum absolute atomic E-state index is 12.8. The number of esters is 1. The average molecular weight is 485 g/mol. The standard InChI is InChI=1S/C19H16Cl3N5O4/c1-9-15(18(29)27(26(9)2)10-6-4-3-5-7-10)24-11(28)8-31-19(30)16-12(20)14(23)13(21)17(22)25-16/h3-7H,8H2,1-2H3,(H2,23,25)(H,24,28). The number of benzene rings is 1. The van der Waals surface area contributed by atoms with Gasteiger partial charge in [-0.15, -0.1) is 0 Å². The Balaban J connectivity index is 1.76. The predicted molar refractivity (Wildman–Crippen MR) is 118 cm³/mol. The van der Waals surface area contributed by atoms with E-state index in [4.69, 9.17) is 45.3 Å². The molecule has 9 nitrogen and oxygen atoms in total. The molecule has 31 heavy (non-hydrogen) atoms. The number of nitrogens with one attached hydrogen (secondary N) is 1. The van der Waals surface area contributed by atoms with Gasteiger partial charge in [0.25, 0.3) is 11.5 Å². The Bertz CT molecular complexity index is 1240. The summed E-state index contributed by atoms with van der Waals surface area (Å²) < 4.78 is 7.92. The number of ether oxygens (including phenoxy) is 1. The first-order valence-corrected chi connectivity index (χ1v) is 9.87. The number of anilines is 2. The number of carbonyl (C=O) groups excluding carboxylic acids is 2. The molecular weight excluding hydrogens is 469 g/mol. The lowest BCUT2D eigenvalue weighted by Crippen LogP contribution is -2.26. The van der Waals surface area contributed by atoms with Gasteiger partial charge in [0.15, 0.2) is 17.5 Å². The van der Waals surface area contributed by atoms with Gasteiger partial charge in [0, 0.05) is 7.05 Å². The van der Waals surface area contributed by atoms with Gasteiger partial charge in [0.05, 0.1) is 22.1 Å². The van der Waals surface area contributed by atoms with Crippen molar-refractivity contribution < 1.29 is 14.3 Å². The highest BCUT2D eigenvalue weighted by Gasteiger charge is 2.23. The molecule has 0 saturated carbocycles. The second-order valence-corrected chi connectivity index (χ2v) is 7.47. The quantitative estimate of drug-likeness (QED) is 0.424. The molecule has 12 heteroatoms. The fraction of sp³-hybridized carbons (Fsp3) is 0.158. The van der Waals surface area contributed by atoms with Crippen LogP contribution < -0.4 is 16.6 Å². The van der Waals surface area contributed by atoms with Crippen LogP contribution in [0, 0.1) is 6.92 Å². The number of aromatic nitrogens is 3. The van der Waals surface area contributed by atoms with Crippen LogP contribution in [0.5, 0.6) is 0 Å². The maximum atomic E-state index is 12.8. The summed E-state index contributed by atoms with van der Waals surface area (Å²) in [5.74, 6) is -1.76. The van der Waals surface area contributed by atoms with Crippen molar-refractivity contribution >= 4 is 58.1 Å². The molecule has 3 rings (SSSR count). The van der Waals surface area contributed by atoms with Crippen LogP contribution in [0.4, 0.5) is 11.4 Å². The van der Waals surface area contributed by atoms with E-state index in [1.165, 1.54) is 4.68 Å². The summed E-state index contributed by atoms with van der Waals surface area (Å²) in [5.41, 5.74) is 5.90. The lowest BCUT2D eigenvalue weighted by atomic mass is 10.3. The van der Waals surface area contributed by atoms with Crippen LogP contribution in [0.25, 0.3) is 5.69 Å². The summed E-state index contributed by atoms with van der Waals surface area (Å²) in [6, 6.07) is 8.92. The predicted octanol–water partition coefficient (Wildman–Crippen LogP) is 3.22. The van der Waals surface area contributed by atoms with Gasteiger partial charge in [-0.25, -0.2) is 14.5 Å². The number of carbonyl (C=O) groups is 2. The summed E-state index contributed by atoms with van der Waals surface area (Å²) in [6.45, 7) is 0.973. The summed E-state index contributed by atoms with van der Waals surface area (Å²) in [4.78, 5) is 41.1. The molecule has 0 unspecified atom stereocenters. The Morgan fingerprint density at radius 2 is 1.81 bits per heavy atom. The number of para-hydroxylation sites is 1. The third kappa shape index (κ3) is 4.39. The highest BCUT2D eigenvalue weighted by Crippen LogP contribution is 2.34. The summed E-state index contributed by atoms with van der Waals surface area (Å²) in [7, 11) is 1.68. The smallest absolute Gasteiger partial charge is 0.359 e. The van der Waals surface area contributed by atoms with E-state index in [2.05, 4.69) is 10.3 Å². The Kier molecular flexibility index (Phi) is 6.59.